The number of nitrogens with one attached hydrogen (secondary N) is 2. The van der Waals surface area contributed by atoms with Crippen LogP contribution in [0, 0.1) is 28.3 Å². The van der Waals surface area contributed by atoms with Crippen molar-refractivity contribution >= 4 is 17.6 Å². The topological polar surface area (TPSA) is 98.9 Å². The van der Waals surface area contributed by atoms with Crippen molar-refractivity contribution in [1.29, 1.82) is 10.8 Å². The number of hydrogen-bond acceptors (Lipinski definition) is 3. The standard InChI is InChI=1S/C17H17F6N5O.C2H6/c18-10-5-12(20)11(19)2-7(10)1-8(24)3-14(29)27-6-9-4-13(27)15(25)28(9)16(26)17(21,22)23;1-2/h2,5,8-9,13,25-26H,1,3-4,6,24H2;1-2H3/p+1. The van der Waals surface area contributed by atoms with Crippen LogP contribution in [-0.4, -0.2) is 58.2 Å². The molecule has 2 aliphatic rings. The Morgan fingerprint density at radius 2 is 1.77 bits per heavy atom. The molecule has 1 aromatic rings. The third-order valence-corrected chi connectivity index (χ3v) is 5.11. The Kier molecular flexibility index (Phi) is 7.35. The van der Waals surface area contributed by atoms with E-state index in [9.17, 15) is 31.1 Å². The molecular weight excluding hydrogens is 428 g/mol. The number of fused-ring (bicyclic) bond motifs is 2. The molecule has 0 spiro atoms. The van der Waals surface area contributed by atoms with Crippen molar-refractivity contribution in [2.45, 2.75) is 57.4 Å². The van der Waals surface area contributed by atoms with Crippen molar-refractivity contribution in [1.82, 2.24) is 9.80 Å². The van der Waals surface area contributed by atoms with E-state index in [-0.39, 0.29) is 31.4 Å². The summed E-state index contributed by atoms with van der Waals surface area (Å²) in [6, 6.07) is -1.27. The van der Waals surface area contributed by atoms with E-state index in [1.807, 2.05) is 13.8 Å². The van der Waals surface area contributed by atoms with Crippen molar-refractivity contribution < 1.29 is 36.9 Å². The summed E-state index contributed by atoms with van der Waals surface area (Å²) in [6.45, 7) is 3.93. The van der Waals surface area contributed by atoms with Gasteiger partial charge in [0.05, 0.1) is 24.5 Å². The largest absolute Gasteiger partial charge is 0.449 e. The van der Waals surface area contributed by atoms with Gasteiger partial charge < -0.3 is 15.5 Å². The Hall–Kier alpha value is -2.63. The number of carbonyl (C=O) groups is 1. The Balaban J connectivity index is 0.00000166. The van der Waals surface area contributed by atoms with Crippen molar-refractivity contribution in [3.8, 4) is 0 Å². The molecule has 0 aromatic heterocycles. The summed E-state index contributed by atoms with van der Waals surface area (Å²) in [7, 11) is 0. The molecule has 3 rings (SSSR count). The number of piperazine rings is 1. The lowest BCUT2D eigenvalue weighted by Gasteiger charge is -2.36. The zero-order valence-corrected chi connectivity index (χ0v) is 17.0. The number of rotatable bonds is 4. The molecule has 2 heterocycles. The minimum atomic E-state index is -4.89. The summed E-state index contributed by atoms with van der Waals surface area (Å²) < 4.78 is 78.4. The Labute approximate surface area is 175 Å². The smallest absolute Gasteiger partial charge is 0.354 e. The highest BCUT2D eigenvalue weighted by molar-refractivity contribution is 6.06. The number of halogens is 6. The molecule has 2 saturated heterocycles. The van der Waals surface area contributed by atoms with Crippen LogP contribution in [0.2, 0.25) is 0 Å². The van der Waals surface area contributed by atoms with Crippen molar-refractivity contribution in [2.75, 3.05) is 6.54 Å². The predicted octanol–water partition coefficient (Wildman–Crippen LogP) is 2.48. The van der Waals surface area contributed by atoms with Gasteiger partial charge in [-0.25, -0.2) is 13.2 Å². The van der Waals surface area contributed by atoms with Gasteiger partial charge in [0.2, 0.25) is 11.7 Å². The first-order chi connectivity index (χ1) is 14.4. The second kappa shape index (κ2) is 9.25. The molecular formula is C19H24F6N5O+. The van der Waals surface area contributed by atoms with Crippen LogP contribution in [0.15, 0.2) is 12.1 Å². The highest BCUT2D eigenvalue weighted by Gasteiger charge is 2.54. The Bertz CT molecular complexity index is 874. The number of benzene rings is 1. The van der Waals surface area contributed by atoms with Gasteiger partial charge in [-0.3, -0.25) is 15.6 Å². The van der Waals surface area contributed by atoms with Gasteiger partial charge in [0.1, 0.15) is 11.7 Å². The van der Waals surface area contributed by atoms with Crippen LogP contribution in [0.1, 0.15) is 32.3 Å². The molecule has 0 aliphatic carbocycles. The number of nitrogens with zero attached hydrogens (tertiary/aromatic N) is 2. The molecule has 6 nitrogen and oxygen atoms in total. The predicted molar refractivity (Wildman–Crippen MR) is 99.9 cm³/mol. The lowest BCUT2D eigenvalue weighted by Crippen LogP contribution is -2.64. The van der Waals surface area contributed by atoms with Crippen LogP contribution >= 0.6 is 0 Å². The first kappa shape index (κ1) is 24.6. The average Bonchev–Trinajstić information content (AvgIpc) is 3.24. The van der Waals surface area contributed by atoms with Gasteiger partial charge in [0.15, 0.2) is 11.6 Å². The van der Waals surface area contributed by atoms with Crippen LogP contribution in [0.4, 0.5) is 26.3 Å². The number of quaternary nitrogens is 1. The molecule has 1 aromatic carbocycles. The Morgan fingerprint density at radius 1 is 1.19 bits per heavy atom. The number of amides is 1. The number of carbonyl (C=O) groups excluding carboxylic acids is 1. The zero-order chi connectivity index (χ0) is 23.7. The highest BCUT2D eigenvalue weighted by atomic mass is 19.4. The van der Waals surface area contributed by atoms with Gasteiger partial charge >= 0.3 is 6.18 Å². The molecule has 2 aliphatic heterocycles. The normalized spacial score (nSPS) is 21.1. The maximum atomic E-state index is 13.7. The van der Waals surface area contributed by atoms with Crippen molar-refractivity contribution in [3.05, 3.63) is 35.1 Å². The van der Waals surface area contributed by atoms with Crippen LogP contribution in [0.25, 0.3) is 0 Å². The fourth-order valence-corrected chi connectivity index (χ4v) is 3.80. The fourth-order valence-electron chi connectivity index (χ4n) is 3.80. The molecule has 0 saturated carbocycles. The number of amidine groups is 2. The second-order valence-electron chi connectivity index (χ2n) is 7.19. The van der Waals surface area contributed by atoms with E-state index < -0.39 is 59.3 Å². The lowest BCUT2D eigenvalue weighted by molar-refractivity contribution is -0.418. The van der Waals surface area contributed by atoms with Gasteiger partial charge in [0.25, 0.3) is 0 Å². The molecule has 12 heteroatoms. The molecule has 2 fully saturated rings. The van der Waals surface area contributed by atoms with Gasteiger partial charge in [-0.2, -0.15) is 13.2 Å². The van der Waals surface area contributed by atoms with E-state index in [1.165, 1.54) is 4.90 Å². The van der Waals surface area contributed by atoms with Gasteiger partial charge in [-0.15, -0.1) is 0 Å². The van der Waals surface area contributed by atoms with E-state index in [4.69, 9.17) is 10.8 Å². The van der Waals surface area contributed by atoms with Gasteiger partial charge in [0, 0.05) is 19.0 Å². The van der Waals surface area contributed by atoms with Gasteiger partial charge in [-0.05, 0) is 18.1 Å². The summed E-state index contributed by atoms with van der Waals surface area (Å²) >= 11 is 0. The molecule has 31 heavy (non-hydrogen) atoms. The van der Waals surface area contributed by atoms with Crippen LogP contribution < -0.4 is 5.73 Å². The van der Waals surface area contributed by atoms with E-state index >= 15 is 0 Å². The maximum absolute atomic E-state index is 13.7. The van der Waals surface area contributed by atoms with Crippen LogP contribution in [0.3, 0.4) is 0 Å². The first-order valence-corrected chi connectivity index (χ1v) is 9.69. The molecule has 0 radical (unpaired) electrons. The number of hydrogen-bond donors (Lipinski definition) is 3. The minimum Gasteiger partial charge on any atom is -0.354 e. The van der Waals surface area contributed by atoms with Crippen molar-refractivity contribution in [2.24, 2.45) is 0 Å². The average molecular weight is 452 g/mol. The van der Waals surface area contributed by atoms with Gasteiger partial charge in [-0.1, -0.05) is 13.8 Å². The van der Waals surface area contributed by atoms with E-state index in [0.717, 1.165) is 0 Å². The second-order valence-corrected chi connectivity index (χ2v) is 7.19. The summed E-state index contributed by atoms with van der Waals surface area (Å²) in [5.41, 5.74) is 3.58. The van der Waals surface area contributed by atoms with E-state index in [2.05, 4.69) is 5.73 Å². The molecule has 172 valence electrons. The monoisotopic (exact) mass is 452 g/mol. The summed E-state index contributed by atoms with van der Waals surface area (Å²) in [4.78, 5) is 14.4. The summed E-state index contributed by atoms with van der Waals surface area (Å²) in [5, 5.41) is 15.1. The third kappa shape index (κ3) is 5.00. The number of likely N-dealkylation sites (tertiary alicyclic amines) is 2. The SMILES string of the molecule is CC.N=C1C2CC(CN2C(=O)CC([NH3+])Cc2cc(F)c(F)cc2F)N1C(=N)C(F)(F)F. The molecule has 2 bridgehead atoms. The molecule has 3 atom stereocenters. The fraction of sp³-hybridized carbons (Fsp3) is 0.526. The summed E-state index contributed by atoms with van der Waals surface area (Å²) in [5.74, 6) is -6.10. The molecule has 5 N–H and O–H groups in total. The third-order valence-electron chi connectivity index (χ3n) is 5.11. The van der Waals surface area contributed by atoms with E-state index in [0.29, 0.717) is 17.0 Å². The first-order valence-electron chi connectivity index (χ1n) is 9.69. The van der Waals surface area contributed by atoms with Crippen molar-refractivity contribution in [3.63, 3.8) is 0 Å². The van der Waals surface area contributed by atoms with Crippen LogP contribution in [0.5, 0.6) is 0 Å². The Morgan fingerprint density at radius 3 is 2.32 bits per heavy atom. The quantitative estimate of drug-likeness (QED) is 0.283. The highest BCUT2D eigenvalue weighted by Crippen LogP contribution is 2.35. The molecule has 3 unspecified atom stereocenters. The molecule has 1 amide bonds. The maximum Gasteiger partial charge on any atom is 0.449 e. The summed E-state index contributed by atoms with van der Waals surface area (Å²) in [6.07, 6.45) is -5.12. The van der Waals surface area contributed by atoms with Crippen LogP contribution in [-0.2, 0) is 11.2 Å². The zero-order valence-electron chi connectivity index (χ0n) is 17.0. The number of alkyl halides is 3. The lowest BCUT2D eigenvalue weighted by atomic mass is 10.0. The van der Waals surface area contributed by atoms with E-state index in [1.54, 1.807) is 0 Å². The minimum absolute atomic E-state index is 0.0728.